The Kier molecular flexibility index (Phi) is 4.16. The van der Waals surface area contributed by atoms with Crippen LogP contribution in [0.1, 0.15) is 24.1 Å². The van der Waals surface area contributed by atoms with Crippen LogP contribution in [0, 0.1) is 0 Å². The lowest BCUT2D eigenvalue weighted by atomic mass is 9.92. The Hall–Kier alpha value is -3.81. The van der Waals surface area contributed by atoms with E-state index in [1.165, 1.54) is 6.33 Å². The number of esters is 1. The second kappa shape index (κ2) is 6.97. The predicted molar refractivity (Wildman–Crippen MR) is 104 cm³/mol. The van der Waals surface area contributed by atoms with Crippen molar-refractivity contribution in [1.82, 2.24) is 14.8 Å². The van der Waals surface area contributed by atoms with E-state index in [1.807, 2.05) is 48.5 Å². The normalized spacial score (nSPS) is 16.9. The van der Waals surface area contributed by atoms with E-state index in [0.29, 0.717) is 28.7 Å². The highest BCUT2D eigenvalue weighted by atomic mass is 16.7. The van der Waals surface area contributed by atoms with Crippen molar-refractivity contribution in [3.8, 4) is 11.5 Å². The number of hydrogen-bond acceptors (Lipinski definition) is 7. The summed E-state index contributed by atoms with van der Waals surface area (Å²) in [5, 5.41) is 7.60. The largest absolute Gasteiger partial charge is 0.463 e. The maximum atomic E-state index is 13.1. The standard InChI is InChI=1S/C21H18N4O4/c1-2-27-20(26)17-18(13-6-4-3-5-7-13)24-21-22-11-23-25(21)19(17)14-8-9-15-16(10-14)29-12-28-15/h3-11,19H,2,12H2,1H3,(H,22,23,24). The van der Waals surface area contributed by atoms with Gasteiger partial charge < -0.3 is 19.5 Å². The molecule has 0 fully saturated rings. The Morgan fingerprint density at radius 3 is 2.86 bits per heavy atom. The van der Waals surface area contributed by atoms with E-state index >= 15 is 0 Å². The number of fused-ring (bicyclic) bond motifs is 2. The number of carbonyl (C=O) groups excluding carboxylic acids is 1. The van der Waals surface area contributed by atoms with E-state index in [1.54, 1.807) is 11.6 Å². The molecule has 3 heterocycles. The van der Waals surface area contributed by atoms with Gasteiger partial charge in [-0.05, 0) is 30.2 Å². The molecule has 1 aromatic heterocycles. The highest BCUT2D eigenvalue weighted by molar-refractivity contribution is 6.02. The average molecular weight is 390 g/mol. The fourth-order valence-corrected chi connectivity index (χ4v) is 3.61. The monoisotopic (exact) mass is 390 g/mol. The topological polar surface area (TPSA) is 87.5 Å². The van der Waals surface area contributed by atoms with Gasteiger partial charge in [-0.15, -0.1) is 0 Å². The fraction of sp³-hybridized carbons (Fsp3) is 0.190. The molecule has 0 aliphatic carbocycles. The molecule has 0 bridgehead atoms. The maximum absolute atomic E-state index is 13.1. The van der Waals surface area contributed by atoms with Gasteiger partial charge in [0, 0.05) is 0 Å². The molecule has 5 rings (SSSR count). The van der Waals surface area contributed by atoms with Crippen molar-refractivity contribution in [2.75, 3.05) is 18.7 Å². The Labute approximate surface area is 166 Å². The van der Waals surface area contributed by atoms with Crippen LogP contribution in [0.5, 0.6) is 11.5 Å². The quantitative estimate of drug-likeness (QED) is 0.685. The van der Waals surface area contributed by atoms with E-state index in [9.17, 15) is 4.79 Å². The van der Waals surface area contributed by atoms with Crippen molar-refractivity contribution in [3.05, 3.63) is 71.6 Å². The van der Waals surface area contributed by atoms with Gasteiger partial charge in [0.2, 0.25) is 12.7 Å². The lowest BCUT2D eigenvalue weighted by Crippen LogP contribution is -2.30. The van der Waals surface area contributed by atoms with Crippen LogP contribution in [0.4, 0.5) is 5.95 Å². The lowest BCUT2D eigenvalue weighted by molar-refractivity contribution is -0.138. The van der Waals surface area contributed by atoms with Crippen LogP contribution >= 0.6 is 0 Å². The first-order chi connectivity index (χ1) is 14.3. The average Bonchev–Trinajstić information content (AvgIpc) is 3.41. The van der Waals surface area contributed by atoms with Crippen LogP contribution in [0.3, 0.4) is 0 Å². The number of ether oxygens (including phenoxy) is 3. The van der Waals surface area contributed by atoms with Crippen LogP contribution in [0.15, 0.2) is 60.4 Å². The third kappa shape index (κ3) is 2.89. The van der Waals surface area contributed by atoms with Gasteiger partial charge in [-0.2, -0.15) is 10.1 Å². The van der Waals surface area contributed by atoms with Gasteiger partial charge in [-0.25, -0.2) is 9.48 Å². The zero-order valence-electron chi connectivity index (χ0n) is 15.7. The molecule has 2 aliphatic heterocycles. The summed E-state index contributed by atoms with van der Waals surface area (Å²) in [6, 6.07) is 14.7. The maximum Gasteiger partial charge on any atom is 0.338 e. The summed E-state index contributed by atoms with van der Waals surface area (Å²) in [6.07, 6.45) is 1.46. The Morgan fingerprint density at radius 1 is 1.21 bits per heavy atom. The fourth-order valence-electron chi connectivity index (χ4n) is 3.61. The smallest absolute Gasteiger partial charge is 0.338 e. The van der Waals surface area contributed by atoms with Gasteiger partial charge >= 0.3 is 5.97 Å². The van der Waals surface area contributed by atoms with Crippen LogP contribution in [0.2, 0.25) is 0 Å². The summed E-state index contributed by atoms with van der Waals surface area (Å²) >= 11 is 0. The first kappa shape index (κ1) is 17.3. The van der Waals surface area contributed by atoms with Crippen LogP contribution < -0.4 is 14.8 Å². The van der Waals surface area contributed by atoms with Gasteiger partial charge in [0.05, 0.1) is 17.9 Å². The molecule has 1 atom stereocenters. The first-order valence-corrected chi connectivity index (χ1v) is 9.29. The Bertz CT molecular complexity index is 1110. The van der Waals surface area contributed by atoms with E-state index in [-0.39, 0.29) is 13.4 Å². The third-order valence-corrected chi connectivity index (χ3v) is 4.87. The molecule has 0 saturated carbocycles. The molecular formula is C21H18N4O4. The number of nitrogens with zero attached hydrogens (tertiary/aromatic N) is 3. The molecule has 2 aromatic carbocycles. The Morgan fingerprint density at radius 2 is 2.03 bits per heavy atom. The highest BCUT2D eigenvalue weighted by Gasteiger charge is 2.36. The van der Waals surface area contributed by atoms with Gasteiger partial charge in [0.1, 0.15) is 12.4 Å². The zero-order chi connectivity index (χ0) is 19.8. The molecule has 146 valence electrons. The van der Waals surface area contributed by atoms with Crippen LogP contribution in [0.25, 0.3) is 5.70 Å². The number of nitrogens with one attached hydrogen (secondary N) is 1. The van der Waals surface area contributed by atoms with E-state index in [2.05, 4.69) is 15.4 Å². The zero-order valence-corrected chi connectivity index (χ0v) is 15.7. The second-order valence-electron chi connectivity index (χ2n) is 6.54. The number of hydrogen-bond donors (Lipinski definition) is 1. The number of benzene rings is 2. The molecule has 2 aliphatic rings. The molecule has 1 N–H and O–H groups in total. The van der Waals surface area contributed by atoms with E-state index in [4.69, 9.17) is 14.2 Å². The molecule has 3 aromatic rings. The van der Waals surface area contributed by atoms with E-state index < -0.39 is 12.0 Å². The SMILES string of the molecule is CCOC(=O)C1=C(c2ccccc2)Nc2ncnn2C1c1ccc2c(c1)OCO2. The Balaban J connectivity index is 1.73. The minimum atomic E-state index is -0.530. The van der Waals surface area contributed by atoms with Gasteiger partial charge in [-0.1, -0.05) is 36.4 Å². The molecule has 29 heavy (non-hydrogen) atoms. The second-order valence-corrected chi connectivity index (χ2v) is 6.54. The third-order valence-electron chi connectivity index (χ3n) is 4.87. The highest BCUT2D eigenvalue weighted by Crippen LogP contribution is 2.42. The molecule has 0 saturated heterocycles. The molecule has 0 radical (unpaired) electrons. The van der Waals surface area contributed by atoms with E-state index in [0.717, 1.165) is 11.1 Å². The lowest BCUT2D eigenvalue weighted by Gasteiger charge is -2.29. The number of aromatic nitrogens is 3. The van der Waals surface area contributed by atoms with Crippen molar-refractivity contribution in [1.29, 1.82) is 0 Å². The molecule has 0 amide bonds. The minimum Gasteiger partial charge on any atom is -0.463 e. The molecular weight excluding hydrogens is 372 g/mol. The first-order valence-electron chi connectivity index (χ1n) is 9.29. The number of carbonyl (C=O) groups is 1. The van der Waals surface area contributed by atoms with Gasteiger partial charge in [0.25, 0.3) is 0 Å². The van der Waals surface area contributed by atoms with Crippen LogP contribution in [-0.2, 0) is 9.53 Å². The summed E-state index contributed by atoms with van der Waals surface area (Å²) in [6.45, 7) is 2.23. The van der Waals surface area contributed by atoms with Crippen LogP contribution in [-0.4, -0.2) is 34.1 Å². The summed E-state index contributed by atoms with van der Waals surface area (Å²) in [4.78, 5) is 17.4. The molecule has 8 nitrogen and oxygen atoms in total. The molecule has 0 spiro atoms. The predicted octanol–water partition coefficient (Wildman–Crippen LogP) is 3.00. The van der Waals surface area contributed by atoms with Crippen molar-refractivity contribution >= 4 is 17.6 Å². The summed E-state index contributed by atoms with van der Waals surface area (Å²) in [7, 11) is 0. The van der Waals surface area contributed by atoms with Gasteiger partial charge in [0.15, 0.2) is 11.5 Å². The minimum absolute atomic E-state index is 0.176. The summed E-state index contributed by atoms with van der Waals surface area (Å²) in [5.41, 5.74) is 2.77. The van der Waals surface area contributed by atoms with Gasteiger partial charge in [-0.3, -0.25) is 0 Å². The number of rotatable bonds is 4. The summed E-state index contributed by atoms with van der Waals surface area (Å²) in [5.74, 6) is 1.43. The molecule has 8 heteroatoms. The molecule has 1 unspecified atom stereocenters. The van der Waals surface area contributed by atoms with Crippen molar-refractivity contribution < 1.29 is 19.0 Å². The van der Waals surface area contributed by atoms with Crippen molar-refractivity contribution in [2.24, 2.45) is 0 Å². The van der Waals surface area contributed by atoms with Crippen molar-refractivity contribution in [3.63, 3.8) is 0 Å². The number of anilines is 1. The van der Waals surface area contributed by atoms with Crippen molar-refractivity contribution in [2.45, 2.75) is 13.0 Å². The summed E-state index contributed by atoms with van der Waals surface area (Å²) < 4.78 is 18.1.